The third-order valence-corrected chi connectivity index (χ3v) is 2.37. The summed E-state index contributed by atoms with van der Waals surface area (Å²) in [5.74, 6) is -1.21. The molecule has 0 amide bonds. The van der Waals surface area contributed by atoms with Gasteiger partial charge in [0.1, 0.15) is 5.56 Å². The molecule has 0 radical (unpaired) electrons. The standard InChI is InChI=1S/C10H12BrNO3/c1-10(2,3)12-5-6(11)4-7(8(12)13)9(14)15/h4-5H,1-3H3,(H,14,15). The van der Waals surface area contributed by atoms with Gasteiger partial charge in [0, 0.05) is 16.2 Å². The Bertz CT molecular complexity index is 457. The fraction of sp³-hybridized carbons (Fsp3) is 0.400. The molecule has 0 saturated heterocycles. The largest absolute Gasteiger partial charge is 0.477 e. The smallest absolute Gasteiger partial charge is 0.341 e. The highest BCUT2D eigenvalue weighted by atomic mass is 79.9. The average molecular weight is 274 g/mol. The second kappa shape index (κ2) is 3.81. The number of aromatic nitrogens is 1. The van der Waals surface area contributed by atoms with Gasteiger partial charge in [-0.2, -0.15) is 0 Å². The van der Waals surface area contributed by atoms with E-state index in [0.29, 0.717) is 4.47 Å². The Morgan fingerprint density at radius 1 is 1.47 bits per heavy atom. The van der Waals surface area contributed by atoms with E-state index in [4.69, 9.17) is 5.11 Å². The van der Waals surface area contributed by atoms with Crippen molar-refractivity contribution in [1.29, 1.82) is 0 Å². The maximum atomic E-state index is 11.8. The molecule has 0 saturated carbocycles. The Balaban J connectivity index is 3.57. The summed E-state index contributed by atoms with van der Waals surface area (Å²) in [4.78, 5) is 22.6. The number of carboxylic acids is 1. The van der Waals surface area contributed by atoms with E-state index in [1.807, 2.05) is 20.8 Å². The zero-order chi connectivity index (χ0) is 11.8. The van der Waals surface area contributed by atoms with Crippen molar-refractivity contribution in [3.63, 3.8) is 0 Å². The van der Waals surface area contributed by atoms with Crippen molar-refractivity contribution in [2.45, 2.75) is 26.3 Å². The third-order valence-electron chi connectivity index (χ3n) is 1.94. The lowest BCUT2D eigenvalue weighted by Crippen LogP contribution is -2.36. The van der Waals surface area contributed by atoms with Gasteiger partial charge < -0.3 is 9.67 Å². The highest BCUT2D eigenvalue weighted by Crippen LogP contribution is 2.16. The van der Waals surface area contributed by atoms with Gasteiger partial charge in [0.25, 0.3) is 5.56 Å². The van der Waals surface area contributed by atoms with Crippen LogP contribution in [0.2, 0.25) is 0 Å². The topological polar surface area (TPSA) is 59.3 Å². The summed E-state index contributed by atoms with van der Waals surface area (Å²) in [6, 6.07) is 1.31. The third kappa shape index (κ3) is 2.47. The van der Waals surface area contributed by atoms with Crippen LogP contribution in [0.15, 0.2) is 21.5 Å². The number of aromatic carboxylic acids is 1. The van der Waals surface area contributed by atoms with E-state index in [9.17, 15) is 9.59 Å². The van der Waals surface area contributed by atoms with Crippen LogP contribution in [0.5, 0.6) is 0 Å². The Morgan fingerprint density at radius 3 is 2.40 bits per heavy atom. The minimum Gasteiger partial charge on any atom is -0.477 e. The Kier molecular flexibility index (Phi) is 3.04. The quantitative estimate of drug-likeness (QED) is 0.852. The molecule has 4 nitrogen and oxygen atoms in total. The second-order valence-electron chi connectivity index (χ2n) is 4.22. The molecule has 0 atom stereocenters. The van der Waals surface area contributed by atoms with Crippen LogP contribution in [0.1, 0.15) is 31.1 Å². The Labute approximate surface area is 95.7 Å². The highest BCUT2D eigenvalue weighted by Gasteiger charge is 2.19. The first kappa shape index (κ1) is 12.0. The first-order valence-electron chi connectivity index (χ1n) is 4.39. The summed E-state index contributed by atoms with van der Waals surface area (Å²) in [6.07, 6.45) is 1.59. The van der Waals surface area contributed by atoms with E-state index in [0.717, 1.165) is 0 Å². The number of carboxylic acid groups (broad SMARTS) is 1. The molecule has 15 heavy (non-hydrogen) atoms. The van der Waals surface area contributed by atoms with Gasteiger partial charge in [-0.05, 0) is 42.8 Å². The minimum absolute atomic E-state index is 0.223. The molecule has 0 fully saturated rings. The van der Waals surface area contributed by atoms with Gasteiger partial charge in [-0.15, -0.1) is 0 Å². The molecule has 0 aliphatic heterocycles. The van der Waals surface area contributed by atoms with Crippen LogP contribution in [0.25, 0.3) is 0 Å². The Morgan fingerprint density at radius 2 is 2.00 bits per heavy atom. The number of rotatable bonds is 1. The molecule has 1 N–H and O–H groups in total. The fourth-order valence-electron chi connectivity index (χ4n) is 1.20. The van der Waals surface area contributed by atoms with Crippen LogP contribution in [0.3, 0.4) is 0 Å². The van der Waals surface area contributed by atoms with Crippen molar-refractivity contribution in [3.8, 4) is 0 Å². The van der Waals surface area contributed by atoms with Crippen molar-refractivity contribution >= 4 is 21.9 Å². The number of carbonyl (C=O) groups is 1. The molecule has 1 aromatic rings. The van der Waals surface area contributed by atoms with E-state index in [-0.39, 0.29) is 5.56 Å². The van der Waals surface area contributed by atoms with Crippen molar-refractivity contribution in [2.24, 2.45) is 0 Å². The fourth-order valence-corrected chi connectivity index (χ4v) is 1.63. The summed E-state index contributed by atoms with van der Waals surface area (Å²) in [6.45, 7) is 5.52. The molecule has 1 rings (SSSR count). The van der Waals surface area contributed by atoms with Crippen molar-refractivity contribution < 1.29 is 9.90 Å². The van der Waals surface area contributed by atoms with Gasteiger partial charge in [-0.25, -0.2) is 4.79 Å². The SMILES string of the molecule is CC(C)(C)n1cc(Br)cc(C(=O)O)c1=O. The molecular formula is C10H12BrNO3. The molecule has 0 aliphatic rings. The summed E-state index contributed by atoms with van der Waals surface area (Å²) >= 11 is 3.18. The lowest BCUT2D eigenvalue weighted by molar-refractivity contribution is 0.0693. The lowest BCUT2D eigenvalue weighted by atomic mass is 10.1. The predicted molar refractivity (Wildman–Crippen MR) is 60.4 cm³/mol. The normalized spacial score (nSPS) is 11.5. The molecule has 5 heteroatoms. The molecule has 0 aromatic carbocycles. The maximum absolute atomic E-state index is 11.8. The summed E-state index contributed by atoms with van der Waals surface area (Å²) in [7, 11) is 0. The molecule has 0 unspecified atom stereocenters. The van der Waals surface area contributed by atoms with E-state index in [1.165, 1.54) is 10.6 Å². The van der Waals surface area contributed by atoms with E-state index < -0.39 is 17.1 Å². The van der Waals surface area contributed by atoms with E-state index >= 15 is 0 Å². The summed E-state index contributed by atoms with van der Waals surface area (Å²) in [5, 5.41) is 8.85. The van der Waals surface area contributed by atoms with Gasteiger partial charge in [-0.3, -0.25) is 4.79 Å². The van der Waals surface area contributed by atoms with Gasteiger partial charge in [0.05, 0.1) is 0 Å². The van der Waals surface area contributed by atoms with Gasteiger partial charge in [-0.1, -0.05) is 0 Å². The van der Waals surface area contributed by atoms with Crippen molar-refractivity contribution in [3.05, 3.63) is 32.7 Å². The van der Waals surface area contributed by atoms with Gasteiger partial charge in [0.2, 0.25) is 0 Å². The molecule has 0 aliphatic carbocycles. The number of pyridine rings is 1. The number of halogens is 1. The molecular weight excluding hydrogens is 262 g/mol. The average Bonchev–Trinajstić information content (AvgIpc) is 2.06. The summed E-state index contributed by atoms with van der Waals surface area (Å²) < 4.78 is 1.98. The Hall–Kier alpha value is -1.10. The van der Waals surface area contributed by atoms with Crippen LogP contribution in [-0.2, 0) is 5.54 Å². The zero-order valence-corrected chi connectivity index (χ0v) is 10.3. The van der Waals surface area contributed by atoms with E-state index in [2.05, 4.69) is 15.9 Å². The first-order chi connectivity index (χ1) is 6.73. The van der Waals surface area contributed by atoms with Gasteiger partial charge in [0.15, 0.2) is 0 Å². The van der Waals surface area contributed by atoms with Crippen molar-refractivity contribution in [2.75, 3.05) is 0 Å². The van der Waals surface area contributed by atoms with Gasteiger partial charge >= 0.3 is 5.97 Å². The van der Waals surface area contributed by atoms with E-state index in [1.54, 1.807) is 6.20 Å². The van der Waals surface area contributed by atoms with Crippen LogP contribution in [0.4, 0.5) is 0 Å². The number of hydrogen-bond donors (Lipinski definition) is 1. The molecule has 1 heterocycles. The van der Waals surface area contributed by atoms with Crippen LogP contribution in [-0.4, -0.2) is 15.6 Å². The first-order valence-corrected chi connectivity index (χ1v) is 5.19. The highest BCUT2D eigenvalue weighted by molar-refractivity contribution is 9.10. The van der Waals surface area contributed by atoms with Crippen LogP contribution < -0.4 is 5.56 Å². The second-order valence-corrected chi connectivity index (χ2v) is 5.14. The molecule has 0 bridgehead atoms. The zero-order valence-electron chi connectivity index (χ0n) is 8.74. The monoisotopic (exact) mass is 273 g/mol. The molecule has 1 aromatic heterocycles. The van der Waals surface area contributed by atoms with Crippen LogP contribution >= 0.6 is 15.9 Å². The number of nitrogens with zero attached hydrogens (tertiary/aromatic N) is 1. The molecule has 0 spiro atoms. The summed E-state index contributed by atoms with van der Waals surface area (Å²) in [5.41, 5.74) is -1.15. The predicted octanol–water partition coefficient (Wildman–Crippen LogP) is 2.06. The number of hydrogen-bond acceptors (Lipinski definition) is 2. The van der Waals surface area contributed by atoms with Crippen molar-refractivity contribution in [1.82, 2.24) is 4.57 Å². The van der Waals surface area contributed by atoms with Crippen LogP contribution in [0, 0.1) is 0 Å². The minimum atomic E-state index is -1.21. The maximum Gasteiger partial charge on any atom is 0.341 e. The molecule has 82 valence electrons. The lowest BCUT2D eigenvalue weighted by Gasteiger charge is -2.22.